The number of aryl methyl sites for hydroxylation is 1. The van der Waals surface area contributed by atoms with Crippen LogP contribution >= 0.6 is 12.2 Å². The zero-order chi connectivity index (χ0) is 19.2. The molecular formula is C21H25N3O2S. The summed E-state index contributed by atoms with van der Waals surface area (Å²) in [7, 11) is 1.62. The van der Waals surface area contributed by atoms with Crippen molar-refractivity contribution in [3.63, 3.8) is 0 Å². The van der Waals surface area contributed by atoms with E-state index >= 15 is 0 Å². The number of piperidine rings is 1. The van der Waals surface area contributed by atoms with Gasteiger partial charge in [-0.2, -0.15) is 0 Å². The van der Waals surface area contributed by atoms with Crippen LogP contribution in [0.5, 0.6) is 5.75 Å². The predicted octanol–water partition coefficient (Wildman–Crippen LogP) is 4.58. The first-order chi connectivity index (χ1) is 13.1. The molecule has 5 nitrogen and oxygen atoms in total. The third-order valence-electron chi connectivity index (χ3n) is 4.67. The van der Waals surface area contributed by atoms with Gasteiger partial charge in [-0.05, 0) is 67.4 Å². The van der Waals surface area contributed by atoms with Crippen molar-refractivity contribution < 1.29 is 9.53 Å². The lowest BCUT2D eigenvalue weighted by molar-refractivity contribution is -0.119. The molecule has 0 unspecified atom stereocenters. The molecule has 0 spiro atoms. The van der Waals surface area contributed by atoms with E-state index in [0.29, 0.717) is 23.8 Å². The minimum atomic E-state index is 0.133. The maximum Gasteiger partial charge on any atom is 0.227 e. The van der Waals surface area contributed by atoms with Gasteiger partial charge < -0.3 is 20.3 Å². The molecule has 27 heavy (non-hydrogen) atoms. The molecule has 1 heterocycles. The van der Waals surface area contributed by atoms with Crippen LogP contribution < -0.4 is 20.3 Å². The van der Waals surface area contributed by atoms with Gasteiger partial charge in [0.2, 0.25) is 5.91 Å². The van der Waals surface area contributed by atoms with E-state index in [2.05, 4.69) is 29.7 Å². The molecule has 142 valence electrons. The van der Waals surface area contributed by atoms with E-state index in [4.69, 9.17) is 17.0 Å². The Kier molecular flexibility index (Phi) is 6.29. The summed E-state index contributed by atoms with van der Waals surface area (Å²) >= 11 is 5.43. The number of carbonyl (C=O) groups is 1. The SMILES string of the molecule is CCc1ccc(NC(=S)Nc2ccc(OC)c(N3CCCCC3=O)c2)cc1. The molecule has 1 aliphatic rings. The highest BCUT2D eigenvalue weighted by atomic mass is 32.1. The molecule has 2 aromatic rings. The number of nitrogens with one attached hydrogen (secondary N) is 2. The summed E-state index contributed by atoms with van der Waals surface area (Å²) in [6.07, 6.45) is 3.53. The molecule has 2 N–H and O–H groups in total. The van der Waals surface area contributed by atoms with Crippen LogP contribution in [0.4, 0.5) is 17.1 Å². The highest BCUT2D eigenvalue weighted by Crippen LogP contribution is 2.33. The number of anilines is 3. The zero-order valence-corrected chi connectivity index (χ0v) is 16.6. The summed E-state index contributed by atoms with van der Waals surface area (Å²) < 4.78 is 5.45. The maximum atomic E-state index is 12.3. The Hall–Kier alpha value is -2.60. The minimum Gasteiger partial charge on any atom is -0.495 e. The Bertz CT molecular complexity index is 821. The third-order valence-corrected chi connectivity index (χ3v) is 4.88. The molecule has 2 aromatic carbocycles. The van der Waals surface area contributed by atoms with Crippen LogP contribution in [0.1, 0.15) is 31.7 Å². The van der Waals surface area contributed by atoms with Gasteiger partial charge in [0.15, 0.2) is 5.11 Å². The lowest BCUT2D eigenvalue weighted by Crippen LogP contribution is -2.35. The molecule has 0 bridgehead atoms. The fourth-order valence-corrected chi connectivity index (χ4v) is 3.39. The van der Waals surface area contributed by atoms with Crippen LogP contribution in [0.2, 0.25) is 0 Å². The van der Waals surface area contributed by atoms with Gasteiger partial charge in [0, 0.05) is 24.3 Å². The summed E-state index contributed by atoms with van der Waals surface area (Å²) in [6, 6.07) is 13.9. The van der Waals surface area contributed by atoms with E-state index < -0.39 is 0 Å². The van der Waals surface area contributed by atoms with Crippen molar-refractivity contribution in [2.75, 3.05) is 29.2 Å². The average molecular weight is 384 g/mol. The van der Waals surface area contributed by atoms with Crippen LogP contribution in [0.15, 0.2) is 42.5 Å². The number of benzene rings is 2. The van der Waals surface area contributed by atoms with Crippen LogP contribution in [-0.2, 0) is 11.2 Å². The molecule has 0 aromatic heterocycles. The van der Waals surface area contributed by atoms with Gasteiger partial charge in [0.05, 0.1) is 12.8 Å². The Morgan fingerprint density at radius 2 is 1.81 bits per heavy atom. The van der Waals surface area contributed by atoms with E-state index in [1.165, 1.54) is 5.56 Å². The summed E-state index contributed by atoms with van der Waals surface area (Å²) in [6.45, 7) is 2.84. The fraction of sp³-hybridized carbons (Fsp3) is 0.333. The lowest BCUT2D eigenvalue weighted by Gasteiger charge is -2.28. The molecule has 0 radical (unpaired) electrons. The van der Waals surface area contributed by atoms with Gasteiger partial charge in [-0.3, -0.25) is 4.79 Å². The maximum absolute atomic E-state index is 12.3. The van der Waals surface area contributed by atoms with Crippen molar-refractivity contribution in [3.05, 3.63) is 48.0 Å². The number of hydrogen-bond acceptors (Lipinski definition) is 3. The first-order valence-electron chi connectivity index (χ1n) is 9.26. The number of ether oxygens (including phenoxy) is 1. The Labute approximate surface area is 165 Å². The standard InChI is InChI=1S/C21H25N3O2S/c1-3-15-7-9-16(10-8-15)22-21(27)23-17-11-12-19(26-2)18(14-17)24-13-5-4-6-20(24)25/h7-12,14H,3-6,13H2,1-2H3,(H2,22,23,27). The summed E-state index contributed by atoms with van der Waals surface area (Å²) in [4.78, 5) is 14.1. The number of methoxy groups -OCH3 is 1. The van der Waals surface area contributed by atoms with Crippen LogP contribution in [0, 0.1) is 0 Å². The quantitative estimate of drug-likeness (QED) is 0.740. The fourth-order valence-electron chi connectivity index (χ4n) is 3.16. The molecule has 1 amide bonds. The summed E-state index contributed by atoms with van der Waals surface area (Å²) in [5.74, 6) is 0.818. The van der Waals surface area contributed by atoms with E-state index in [9.17, 15) is 4.79 Å². The van der Waals surface area contributed by atoms with Crippen LogP contribution in [-0.4, -0.2) is 24.7 Å². The van der Waals surface area contributed by atoms with Gasteiger partial charge in [-0.25, -0.2) is 0 Å². The molecule has 0 aliphatic carbocycles. The van der Waals surface area contributed by atoms with E-state index in [1.807, 2.05) is 30.3 Å². The molecule has 3 rings (SSSR count). The molecule has 6 heteroatoms. The van der Waals surface area contributed by atoms with Gasteiger partial charge in [0.1, 0.15) is 5.75 Å². The molecule has 1 aliphatic heterocycles. The largest absolute Gasteiger partial charge is 0.495 e. The molecular weight excluding hydrogens is 358 g/mol. The van der Waals surface area contributed by atoms with Gasteiger partial charge in [-0.1, -0.05) is 19.1 Å². The van der Waals surface area contributed by atoms with E-state index in [-0.39, 0.29) is 5.91 Å². The number of carbonyl (C=O) groups excluding carboxylic acids is 1. The Morgan fingerprint density at radius 1 is 1.11 bits per heavy atom. The number of thiocarbonyl (C=S) groups is 1. The van der Waals surface area contributed by atoms with Crippen molar-refractivity contribution in [2.45, 2.75) is 32.6 Å². The minimum absolute atomic E-state index is 0.133. The first-order valence-corrected chi connectivity index (χ1v) is 9.67. The number of amides is 1. The van der Waals surface area contributed by atoms with Gasteiger partial charge in [0.25, 0.3) is 0 Å². The average Bonchev–Trinajstić information content (AvgIpc) is 2.69. The van der Waals surface area contributed by atoms with Crippen molar-refractivity contribution in [3.8, 4) is 5.75 Å². The smallest absolute Gasteiger partial charge is 0.227 e. The normalized spacial score (nSPS) is 14.0. The summed E-state index contributed by atoms with van der Waals surface area (Å²) in [5, 5.41) is 6.88. The molecule has 0 atom stereocenters. The number of rotatable bonds is 5. The highest BCUT2D eigenvalue weighted by Gasteiger charge is 2.23. The lowest BCUT2D eigenvalue weighted by atomic mass is 10.1. The van der Waals surface area contributed by atoms with Crippen molar-refractivity contribution >= 4 is 40.3 Å². The van der Waals surface area contributed by atoms with Crippen molar-refractivity contribution in [1.82, 2.24) is 0 Å². The third kappa shape index (κ3) is 4.77. The second-order valence-electron chi connectivity index (χ2n) is 6.52. The van der Waals surface area contributed by atoms with E-state index in [0.717, 1.165) is 36.3 Å². The van der Waals surface area contributed by atoms with Crippen LogP contribution in [0.25, 0.3) is 0 Å². The topological polar surface area (TPSA) is 53.6 Å². The van der Waals surface area contributed by atoms with Crippen molar-refractivity contribution in [1.29, 1.82) is 0 Å². The second-order valence-corrected chi connectivity index (χ2v) is 6.93. The van der Waals surface area contributed by atoms with Gasteiger partial charge in [-0.15, -0.1) is 0 Å². The molecule has 0 saturated carbocycles. The van der Waals surface area contributed by atoms with Crippen LogP contribution in [0.3, 0.4) is 0 Å². The second kappa shape index (κ2) is 8.86. The summed E-state index contributed by atoms with van der Waals surface area (Å²) in [5.41, 5.74) is 3.81. The number of nitrogens with zero attached hydrogens (tertiary/aromatic N) is 1. The predicted molar refractivity (Wildman–Crippen MR) is 115 cm³/mol. The Morgan fingerprint density at radius 3 is 2.48 bits per heavy atom. The molecule has 1 fully saturated rings. The van der Waals surface area contributed by atoms with E-state index in [1.54, 1.807) is 12.0 Å². The Balaban J connectivity index is 1.73. The highest BCUT2D eigenvalue weighted by molar-refractivity contribution is 7.80. The first kappa shape index (κ1) is 19.2. The van der Waals surface area contributed by atoms with Gasteiger partial charge >= 0.3 is 0 Å². The monoisotopic (exact) mass is 383 g/mol. The molecule has 1 saturated heterocycles. The zero-order valence-electron chi connectivity index (χ0n) is 15.7. The van der Waals surface area contributed by atoms with Crippen molar-refractivity contribution in [2.24, 2.45) is 0 Å². The number of hydrogen-bond donors (Lipinski definition) is 2.